The molecule has 0 unspecified atom stereocenters. The second kappa shape index (κ2) is 13.2. The molecule has 0 radical (unpaired) electrons. The maximum absolute atomic E-state index is 14.2. The molecule has 1 aliphatic carbocycles. The third-order valence-electron chi connectivity index (χ3n) is 10.4. The molecule has 2 saturated heterocycles. The molecule has 1 saturated carbocycles. The topological polar surface area (TPSA) is 79.7 Å². The van der Waals surface area contributed by atoms with Crippen LogP contribution in [0.2, 0.25) is 0 Å². The molecular formula is C35H44FN5O3. The molecule has 3 atom stereocenters. The molecular weight excluding hydrogens is 557 g/mol. The lowest BCUT2D eigenvalue weighted by molar-refractivity contribution is 0.0208. The summed E-state index contributed by atoms with van der Waals surface area (Å²) >= 11 is 0. The summed E-state index contributed by atoms with van der Waals surface area (Å²) in [5, 5.41) is 3.38. The molecule has 3 aromatic rings. The van der Waals surface area contributed by atoms with E-state index in [2.05, 4.69) is 10.2 Å². The van der Waals surface area contributed by atoms with E-state index in [0.29, 0.717) is 50.4 Å². The quantitative estimate of drug-likeness (QED) is 0.380. The van der Waals surface area contributed by atoms with Gasteiger partial charge in [0.25, 0.3) is 5.56 Å². The first-order valence-electron chi connectivity index (χ1n) is 16.0. The molecule has 0 bridgehead atoms. The van der Waals surface area contributed by atoms with E-state index in [4.69, 9.17) is 9.72 Å². The minimum Gasteiger partial charge on any atom is -0.380 e. The summed E-state index contributed by atoms with van der Waals surface area (Å²) in [7, 11) is 3.63. The number of hydrogen-bond donors (Lipinski definition) is 1. The zero-order valence-electron chi connectivity index (χ0n) is 25.9. The second-order valence-electron chi connectivity index (χ2n) is 12.9. The van der Waals surface area contributed by atoms with Crippen LogP contribution < -0.4 is 10.9 Å². The summed E-state index contributed by atoms with van der Waals surface area (Å²) in [5.74, 6) is 0.0285. The Labute approximate surface area is 259 Å². The van der Waals surface area contributed by atoms with Crippen molar-refractivity contribution in [3.8, 4) is 11.3 Å². The Kier molecular flexibility index (Phi) is 9.14. The summed E-state index contributed by atoms with van der Waals surface area (Å²) in [6.45, 7) is 3.11. The van der Waals surface area contributed by atoms with Crippen molar-refractivity contribution in [1.29, 1.82) is 0 Å². The number of nitrogens with zero attached hydrogens (tertiary/aromatic N) is 4. The number of carbonyl (C=O) groups is 1. The van der Waals surface area contributed by atoms with Crippen molar-refractivity contribution in [2.24, 2.45) is 11.3 Å². The van der Waals surface area contributed by atoms with Crippen LogP contribution in [0.3, 0.4) is 0 Å². The standard InChI is InChI=1S/C35H44FN5O3/c1-37-29-14-18-41(32(19-29)25-9-11-28(36)12-10-25)34(43)39-17-13-27(35(23-39)15-5-6-16-35)21-40-24-38-31(20-33(40)42)30-8-4-3-7-26(30)22-44-2/h3-4,7-12,20,24,27,29,32,37H,5-6,13-19,21-23H2,1-2H3/t27-,29+,32-/m0/s1. The fraction of sp³-hybridized carbons (Fsp3) is 0.514. The fourth-order valence-electron chi connectivity index (χ4n) is 7.94. The van der Waals surface area contributed by atoms with E-state index >= 15 is 0 Å². The lowest BCUT2D eigenvalue weighted by Crippen LogP contribution is -2.56. The number of hydrogen-bond acceptors (Lipinski definition) is 5. The number of ether oxygens (including phenoxy) is 1. The SMILES string of the molecule is CN[C@@H]1CCN(C(=O)N2CC[C@@H](Cn3cnc(-c4ccccc4COC)cc3=O)C3(CCCC3)C2)[C@H](c2ccc(F)cc2)C1. The molecule has 3 fully saturated rings. The van der Waals surface area contributed by atoms with Gasteiger partial charge >= 0.3 is 6.03 Å². The summed E-state index contributed by atoms with van der Waals surface area (Å²) < 4.78 is 20.8. The highest BCUT2D eigenvalue weighted by Crippen LogP contribution is 2.49. The van der Waals surface area contributed by atoms with Crippen LogP contribution in [0.25, 0.3) is 11.3 Å². The van der Waals surface area contributed by atoms with Crippen LogP contribution in [0.1, 0.15) is 62.1 Å². The molecule has 2 aromatic carbocycles. The van der Waals surface area contributed by atoms with E-state index in [1.807, 2.05) is 48.3 Å². The van der Waals surface area contributed by atoms with Crippen LogP contribution in [-0.2, 0) is 17.9 Å². The molecule has 234 valence electrons. The predicted octanol–water partition coefficient (Wildman–Crippen LogP) is 5.62. The first-order chi connectivity index (χ1) is 21.4. The van der Waals surface area contributed by atoms with Gasteiger partial charge in [-0.25, -0.2) is 14.2 Å². The molecule has 1 aromatic heterocycles. The Hall–Kier alpha value is -3.56. The van der Waals surface area contributed by atoms with Gasteiger partial charge in [0, 0.05) is 51.0 Å². The first kappa shape index (κ1) is 30.5. The number of halogens is 1. The molecule has 1 N–H and O–H groups in total. The molecule has 3 aliphatic rings. The highest BCUT2D eigenvalue weighted by molar-refractivity contribution is 5.75. The van der Waals surface area contributed by atoms with Gasteiger partial charge in [-0.3, -0.25) is 9.36 Å². The number of likely N-dealkylation sites (tertiary alicyclic amines) is 2. The van der Waals surface area contributed by atoms with Gasteiger partial charge in [0.05, 0.1) is 24.7 Å². The first-order valence-corrected chi connectivity index (χ1v) is 16.0. The molecule has 9 heteroatoms. The van der Waals surface area contributed by atoms with Gasteiger partial charge in [-0.1, -0.05) is 49.2 Å². The van der Waals surface area contributed by atoms with Crippen LogP contribution in [0, 0.1) is 17.2 Å². The van der Waals surface area contributed by atoms with Crippen LogP contribution in [-0.4, -0.2) is 65.2 Å². The van der Waals surface area contributed by atoms with Gasteiger partial charge in [-0.05, 0) is 73.7 Å². The van der Waals surface area contributed by atoms with Crippen molar-refractivity contribution in [1.82, 2.24) is 24.7 Å². The maximum Gasteiger partial charge on any atom is 0.320 e. The fourth-order valence-corrected chi connectivity index (χ4v) is 7.94. The molecule has 1 spiro atoms. The van der Waals surface area contributed by atoms with E-state index in [9.17, 15) is 14.0 Å². The Morgan fingerprint density at radius 3 is 2.59 bits per heavy atom. The van der Waals surface area contributed by atoms with Crippen LogP contribution in [0.4, 0.5) is 9.18 Å². The maximum atomic E-state index is 14.2. The van der Waals surface area contributed by atoms with Gasteiger partial charge < -0.3 is 19.9 Å². The smallest absolute Gasteiger partial charge is 0.320 e. The number of carbonyl (C=O) groups excluding carboxylic acids is 1. The van der Waals surface area contributed by atoms with E-state index in [0.717, 1.165) is 61.6 Å². The summed E-state index contributed by atoms with van der Waals surface area (Å²) in [4.78, 5) is 36.3. The molecule has 2 aliphatic heterocycles. The lowest BCUT2D eigenvalue weighted by Gasteiger charge is -2.49. The van der Waals surface area contributed by atoms with Crippen molar-refractivity contribution in [3.63, 3.8) is 0 Å². The average Bonchev–Trinajstić information content (AvgIpc) is 3.51. The zero-order chi connectivity index (χ0) is 30.7. The van der Waals surface area contributed by atoms with E-state index in [1.165, 1.54) is 12.1 Å². The van der Waals surface area contributed by atoms with Crippen LogP contribution >= 0.6 is 0 Å². The average molecular weight is 602 g/mol. The molecule has 8 nitrogen and oxygen atoms in total. The Balaban J connectivity index is 1.19. The van der Waals surface area contributed by atoms with E-state index in [1.54, 1.807) is 24.1 Å². The summed E-state index contributed by atoms with van der Waals surface area (Å²) in [6.07, 6.45) is 8.66. The van der Waals surface area contributed by atoms with E-state index < -0.39 is 0 Å². The Morgan fingerprint density at radius 1 is 1.09 bits per heavy atom. The number of methoxy groups -OCH3 is 1. The minimum atomic E-state index is -0.266. The van der Waals surface area contributed by atoms with Crippen molar-refractivity contribution >= 4 is 6.03 Å². The van der Waals surface area contributed by atoms with Crippen molar-refractivity contribution in [2.75, 3.05) is 33.8 Å². The Bertz CT molecular complexity index is 1500. The van der Waals surface area contributed by atoms with Crippen LogP contribution in [0.15, 0.2) is 65.7 Å². The summed E-state index contributed by atoms with van der Waals surface area (Å²) in [5.41, 5.74) is 3.49. The van der Waals surface area contributed by atoms with Crippen LogP contribution in [0.5, 0.6) is 0 Å². The van der Waals surface area contributed by atoms with Crippen molar-refractivity contribution in [2.45, 2.75) is 70.2 Å². The van der Waals surface area contributed by atoms with Crippen molar-refractivity contribution < 1.29 is 13.9 Å². The number of nitrogens with one attached hydrogen (secondary N) is 1. The lowest BCUT2D eigenvalue weighted by atomic mass is 9.69. The number of piperidine rings is 2. The normalized spacial score (nSPS) is 23.3. The number of benzene rings is 2. The molecule has 44 heavy (non-hydrogen) atoms. The highest BCUT2D eigenvalue weighted by atomic mass is 19.1. The summed E-state index contributed by atoms with van der Waals surface area (Å²) in [6, 6.07) is 16.4. The van der Waals surface area contributed by atoms with Gasteiger partial charge in [0.15, 0.2) is 0 Å². The highest BCUT2D eigenvalue weighted by Gasteiger charge is 2.47. The largest absolute Gasteiger partial charge is 0.380 e. The number of amides is 2. The number of rotatable bonds is 7. The number of aromatic nitrogens is 2. The Morgan fingerprint density at radius 2 is 1.86 bits per heavy atom. The van der Waals surface area contributed by atoms with Gasteiger partial charge in [-0.15, -0.1) is 0 Å². The zero-order valence-corrected chi connectivity index (χ0v) is 25.9. The van der Waals surface area contributed by atoms with Crippen molar-refractivity contribution in [3.05, 3.63) is 88.2 Å². The number of urea groups is 1. The third-order valence-corrected chi connectivity index (χ3v) is 10.4. The van der Waals surface area contributed by atoms with Gasteiger partial charge in [0.1, 0.15) is 5.82 Å². The monoisotopic (exact) mass is 601 g/mol. The van der Waals surface area contributed by atoms with Gasteiger partial charge in [0.2, 0.25) is 0 Å². The van der Waals surface area contributed by atoms with E-state index in [-0.39, 0.29) is 28.9 Å². The third kappa shape index (κ3) is 6.17. The predicted molar refractivity (Wildman–Crippen MR) is 169 cm³/mol. The molecule has 2 amide bonds. The minimum absolute atomic E-state index is 0.00818. The van der Waals surface area contributed by atoms with Gasteiger partial charge in [-0.2, -0.15) is 0 Å². The molecule has 6 rings (SSSR count). The second-order valence-corrected chi connectivity index (χ2v) is 12.9. The molecule has 3 heterocycles.